The van der Waals surface area contributed by atoms with Gasteiger partial charge >= 0.3 is 0 Å². The lowest BCUT2D eigenvalue weighted by Crippen LogP contribution is -2.43. The number of hydrogen-bond donors (Lipinski definition) is 0. The van der Waals surface area contributed by atoms with Gasteiger partial charge in [-0.25, -0.2) is 0 Å². The van der Waals surface area contributed by atoms with Crippen molar-refractivity contribution in [1.29, 1.82) is 0 Å². The molecular formula is C18H22O4. The fourth-order valence-electron chi connectivity index (χ4n) is 3.01. The van der Waals surface area contributed by atoms with Gasteiger partial charge in [0.05, 0.1) is 7.11 Å². The van der Waals surface area contributed by atoms with Crippen LogP contribution in [0.5, 0.6) is 11.5 Å². The minimum absolute atomic E-state index is 0.0227. The molecule has 0 spiro atoms. The van der Waals surface area contributed by atoms with E-state index in [0.29, 0.717) is 29.9 Å². The Morgan fingerprint density at radius 3 is 2.68 bits per heavy atom. The van der Waals surface area contributed by atoms with Crippen LogP contribution in [0.25, 0.3) is 0 Å². The highest BCUT2D eigenvalue weighted by molar-refractivity contribution is 6.09. The maximum Gasteiger partial charge on any atom is 0.150 e. The minimum Gasteiger partial charge on any atom is -0.497 e. The molecule has 1 fully saturated rings. The average molecular weight is 302 g/mol. The van der Waals surface area contributed by atoms with Crippen LogP contribution in [0.15, 0.2) is 36.4 Å². The first-order chi connectivity index (χ1) is 10.5. The zero-order valence-electron chi connectivity index (χ0n) is 13.2. The number of ketones is 2. The molecule has 1 aromatic carbocycles. The molecule has 0 radical (unpaired) electrons. The molecule has 0 aliphatic heterocycles. The first-order valence-corrected chi connectivity index (χ1v) is 7.50. The lowest BCUT2D eigenvalue weighted by Gasteiger charge is -2.35. The second-order valence-electron chi connectivity index (χ2n) is 5.66. The quantitative estimate of drug-likeness (QED) is 0.597. The monoisotopic (exact) mass is 302 g/mol. The van der Waals surface area contributed by atoms with Crippen LogP contribution in [-0.4, -0.2) is 25.3 Å². The summed E-state index contributed by atoms with van der Waals surface area (Å²) >= 11 is 0. The standard InChI is InChI=1S/C18H22O4/c1-13(12-22-16-8-6-7-15(11-16)21-3)18(14(2)19)10-5-4-9-17(18)20/h6-8,11H,1,4-5,9-10,12H2,2-3H3. The second kappa shape index (κ2) is 6.77. The van der Waals surface area contributed by atoms with Crippen LogP contribution in [0.2, 0.25) is 0 Å². The molecule has 1 aromatic rings. The topological polar surface area (TPSA) is 52.6 Å². The van der Waals surface area contributed by atoms with Crippen molar-refractivity contribution < 1.29 is 19.1 Å². The van der Waals surface area contributed by atoms with Crippen LogP contribution in [0, 0.1) is 5.41 Å². The van der Waals surface area contributed by atoms with E-state index < -0.39 is 5.41 Å². The Kier molecular flexibility index (Phi) is 5.01. The molecule has 1 atom stereocenters. The molecule has 1 aliphatic rings. The predicted molar refractivity (Wildman–Crippen MR) is 84.2 cm³/mol. The first kappa shape index (κ1) is 16.3. The maximum atomic E-state index is 12.4. The average Bonchev–Trinajstić information content (AvgIpc) is 2.53. The summed E-state index contributed by atoms with van der Waals surface area (Å²) in [6.45, 7) is 5.61. The molecule has 1 saturated carbocycles. The van der Waals surface area contributed by atoms with Crippen molar-refractivity contribution >= 4 is 11.6 Å². The van der Waals surface area contributed by atoms with Gasteiger partial charge in [0, 0.05) is 12.5 Å². The summed E-state index contributed by atoms with van der Waals surface area (Å²) in [7, 11) is 1.59. The Balaban J connectivity index is 2.12. The summed E-state index contributed by atoms with van der Waals surface area (Å²) in [5.74, 6) is 1.17. The lowest BCUT2D eigenvalue weighted by molar-refractivity contribution is -0.139. The van der Waals surface area contributed by atoms with Crippen LogP contribution in [0.4, 0.5) is 0 Å². The number of carbonyl (C=O) groups excluding carboxylic acids is 2. The molecule has 1 unspecified atom stereocenters. The molecule has 0 heterocycles. The largest absolute Gasteiger partial charge is 0.497 e. The fourth-order valence-corrected chi connectivity index (χ4v) is 3.01. The zero-order chi connectivity index (χ0) is 16.2. The molecule has 1 aliphatic carbocycles. The molecule has 0 amide bonds. The molecular weight excluding hydrogens is 280 g/mol. The third kappa shape index (κ3) is 3.06. The van der Waals surface area contributed by atoms with E-state index in [2.05, 4.69) is 6.58 Å². The van der Waals surface area contributed by atoms with Crippen LogP contribution in [-0.2, 0) is 9.59 Å². The third-order valence-corrected chi connectivity index (χ3v) is 4.34. The van der Waals surface area contributed by atoms with Crippen molar-refractivity contribution in [2.24, 2.45) is 5.41 Å². The van der Waals surface area contributed by atoms with E-state index in [9.17, 15) is 9.59 Å². The molecule has 0 saturated heterocycles. The highest BCUT2D eigenvalue weighted by Gasteiger charge is 2.46. The van der Waals surface area contributed by atoms with Crippen molar-refractivity contribution in [3.63, 3.8) is 0 Å². The summed E-state index contributed by atoms with van der Waals surface area (Å²) in [5, 5.41) is 0. The summed E-state index contributed by atoms with van der Waals surface area (Å²) in [4.78, 5) is 24.5. The number of Topliss-reactive ketones (excluding diaryl/α,β-unsaturated/α-hetero) is 2. The maximum absolute atomic E-state index is 12.4. The van der Waals surface area contributed by atoms with Gasteiger partial charge in [-0.2, -0.15) is 0 Å². The summed E-state index contributed by atoms with van der Waals surface area (Å²) in [6.07, 6.45) is 2.70. The number of methoxy groups -OCH3 is 1. The summed E-state index contributed by atoms with van der Waals surface area (Å²) < 4.78 is 10.8. The van der Waals surface area contributed by atoms with Crippen LogP contribution >= 0.6 is 0 Å². The molecule has 0 aromatic heterocycles. The van der Waals surface area contributed by atoms with E-state index in [-0.39, 0.29) is 18.2 Å². The number of ether oxygens (including phenoxy) is 2. The van der Waals surface area contributed by atoms with Crippen molar-refractivity contribution in [3.8, 4) is 11.5 Å². The van der Waals surface area contributed by atoms with Crippen molar-refractivity contribution in [3.05, 3.63) is 36.4 Å². The Hall–Kier alpha value is -2.10. The van der Waals surface area contributed by atoms with Gasteiger partial charge in [0.15, 0.2) is 5.78 Å². The van der Waals surface area contributed by atoms with Gasteiger partial charge in [0.2, 0.25) is 0 Å². The first-order valence-electron chi connectivity index (χ1n) is 7.50. The van der Waals surface area contributed by atoms with Gasteiger partial charge in [-0.1, -0.05) is 19.1 Å². The van der Waals surface area contributed by atoms with Gasteiger partial charge in [-0.15, -0.1) is 0 Å². The molecule has 22 heavy (non-hydrogen) atoms. The number of rotatable bonds is 6. The van der Waals surface area contributed by atoms with Crippen molar-refractivity contribution in [1.82, 2.24) is 0 Å². The van der Waals surface area contributed by atoms with E-state index in [1.807, 2.05) is 12.1 Å². The smallest absolute Gasteiger partial charge is 0.150 e. The number of carbonyl (C=O) groups is 2. The molecule has 0 bridgehead atoms. The SMILES string of the molecule is C=C(COc1cccc(OC)c1)C1(C(C)=O)CCCCC1=O. The highest BCUT2D eigenvalue weighted by atomic mass is 16.5. The molecule has 118 valence electrons. The molecule has 4 heteroatoms. The van der Waals surface area contributed by atoms with Crippen molar-refractivity contribution in [2.75, 3.05) is 13.7 Å². The van der Waals surface area contributed by atoms with Gasteiger partial charge in [-0.05, 0) is 37.5 Å². The Morgan fingerprint density at radius 1 is 1.32 bits per heavy atom. The Bertz CT molecular complexity index is 591. The summed E-state index contributed by atoms with van der Waals surface area (Å²) in [6, 6.07) is 7.21. The van der Waals surface area contributed by atoms with Crippen molar-refractivity contribution in [2.45, 2.75) is 32.6 Å². The molecule has 0 N–H and O–H groups in total. The normalized spacial score (nSPS) is 21.3. The Labute approximate surface area is 131 Å². The van der Waals surface area contributed by atoms with E-state index in [0.717, 1.165) is 12.8 Å². The summed E-state index contributed by atoms with van der Waals surface area (Å²) in [5.41, 5.74) is -0.510. The highest BCUT2D eigenvalue weighted by Crippen LogP contribution is 2.40. The third-order valence-electron chi connectivity index (χ3n) is 4.34. The van der Waals surface area contributed by atoms with Gasteiger partial charge < -0.3 is 9.47 Å². The second-order valence-corrected chi connectivity index (χ2v) is 5.66. The number of benzene rings is 1. The van der Waals surface area contributed by atoms with Gasteiger partial charge in [0.1, 0.15) is 29.3 Å². The van der Waals surface area contributed by atoms with E-state index in [4.69, 9.17) is 9.47 Å². The van der Waals surface area contributed by atoms with Crippen LogP contribution < -0.4 is 9.47 Å². The minimum atomic E-state index is -1.06. The predicted octanol–water partition coefficient (Wildman–Crippen LogP) is 3.35. The van der Waals surface area contributed by atoms with Gasteiger partial charge in [-0.3, -0.25) is 9.59 Å². The Morgan fingerprint density at radius 2 is 2.05 bits per heavy atom. The zero-order valence-corrected chi connectivity index (χ0v) is 13.2. The molecule has 4 nitrogen and oxygen atoms in total. The lowest BCUT2D eigenvalue weighted by atomic mass is 9.66. The van der Waals surface area contributed by atoms with E-state index in [1.54, 1.807) is 19.2 Å². The van der Waals surface area contributed by atoms with E-state index >= 15 is 0 Å². The van der Waals surface area contributed by atoms with Crippen LogP contribution in [0.3, 0.4) is 0 Å². The number of hydrogen-bond acceptors (Lipinski definition) is 4. The fraction of sp³-hybridized carbons (Fsp3) is 0.444. The van der Waals surface area contributed by atoms with Crippen LogP contribution in [0.1, 0.15) is 32.6 Å². The van der Waals surface area contributed by atoms with E-state index in [1.165, 1.54) is 6.92 Å². The molecule has 2 rings (SSSR count). The van der Waals surface area contributed by atoms with Gasteiger partial charge in [0.25, 0.3) is 0 Å².